The van der Waals surface area contributed by atoms with Gasteiger partial charge in [-0.1, -0.05) is 0 Å². The lowest BCUT2D eigenvalue weighted by molar-refractivity contribution is 0.501. The Kier molecular flexibility index (Phi) is 5.14. The SMILES string of the molecule is CCNC(=NCc1ccnc(-n2cccn2)c1)NC(C)(C)C. The summed E-state index contributed by atoms with van der Waals surface area (Å²) in [7, 11) is 0. The van der Waals surface area contributed by atoms with E-state index in [1.807, 2.05) is 24.4 Å². The Morgan fingerprint density at radius 2 is 2.14 bits per heavy atom. The Bertz CT molecular complexity index is 610. The summed E-state index contributed by atoms with van der Waals surface area (Å²) in [5.74, 6) is 1.61. The van der Waals surface area contributed by atoms with E-state index in [0.717, 1.165) is 23.9 Å². The number of hydrogen-bond acceptors (Lipinski definition) is 3. The summed E-state index contributed by atoms with van der Waals surface area (Å²) in [4.78, 5) is 8.95. The normalized spacial score (nSPS) is 12.3. The van der Waals surface area contributed by atoms with Gasteiger partial charge in [-0.3, -0.25) is 0 Å². The van der Waals surface area contributed by atoms with Gasteiger partial charge in [0.25, 0.3) is 0 Å². The van der Waals surface area contributed by atoms with Crippen molar-refractivity contribution in [2.24, 2.45) is 4.99 Å². The number of guanidine groups is 1. The zero-order valence-electron chi connectivity index (χ0n) is 13.7. The van der Waals surface area contributed by atoms with Crippen LogP contribution in [0, 0.1) is 0 Å². The van der Waals surface area contributed by atoms with Gasteiger partial charge in [-0.2, -0.15) is 5.10 Å². The molecule has 0 aliphatic heterocycles. The molecule has 118 valence electrons. The standard InChI is InChI=1S/C16H24N6/c1-5-17-15(21-16(2,3)4)19-12-13-7-9-18-14(11-13)22-10-6-8-20-22/h6-11H,5,12H2,1-4H3,(H2,17,19,21). The second-order valence-electron chi connectivity index (χ2n) is 6.04. The fourth-order valence-corrected chi connectivity index (χ4v) is 1.92. The summed E-state index contributed by atoms with van der Waals surface area (Å²) in [5.41, 5.74) is 1.06. The maximum absolute atomic E-state index is 4.63. The van der Waals surface area contributed by atoms with Crippen LogP contribution >= 0.6 is 0 Å². The number of rotatable bonds is 4. The molecule has 22 heavy (non-hydrogen) atoms. The molecule has 0 saturated carbocycles. The van der Waals surface area contributed by atoms with Crippen molar-refractivity contribution in [2.75, 3.05) is 6.54 Å². The molecule has 0 amide bonds. The van der Waals surface area contributed by atoms with Crippen molar-refractivity contribution in [3.63, 3.8) is 0 Å². The highest BCUT2D eigenvalue weighted by atomic mass is 15.3. The topological polar surface area (TPSA) is 67.1 Å². The van der Waals surface area contributed by atoms with Crippen LogP contribution in [0.2, 0.25) is 0 Å². The fraction of sp³-hybridized carbons (Fsp3) is 0.438. The van der Waals surface area contributed by atoms with Gasteiger partial charge >= 0.3 is 0 Å². The molecular weight excluding hydrogens is 276 g/mol. The largest absolute Gasteiger partial charge is 0.357 e. The number of hydrogen-bond donors (Lipinski definition) is 2. The van der Waals surface area contributed by atoms with E-state index in [1.54, 1.807) is 17.1 Å². The average Bonchev–Trinajstić information content (AvgIpc) is 2.98. The van der Waals surface area contributed by atoms with Crippen molar-refractivity contribution in [2.45, 2.75) is 39.8 Å². The molecule has 0 bridgehead atoms. The van der Waals surface area contributed by atoms with E-state index in [0.29, 0.717) is 6.54 Å². The summed E-state index contributed by atoms with van der Waals surface area (Å²) in [5, 5.41) is 10.8. The smallest absolute Gasteiger partial charge is 0.191 e. The molecule has 0 saturated heterocycles. The van der Waals surface area contributed by atoms with Crippen LogP contribution in [-0.2, 0) is 6.54 Å². The van der Waals surface area contributed by atoms with Crippen molar-refractivity contribution in [3.05, 3.63) is 42.4 Å². The van der Waals surface area contributed by atoms with Crippen LogP contribution in [0.15, 0.2) is 41.8 Å². The quantitative estimate of drug-likeness (QED) is 0.670. The molecule has 0 atom stereocenters. The molecule has 0 radical (unpaired) electrons. The number of nitrogens with zero attached hydrogens (tertiary/aromatic N) is 4. The third kappa shape index (κ3) is 4.87. The zero-order chi connectivity index (χ0) is 16.0. The highest BCUT2D eigenvalue weighted by Gasteiger charge is 2.11. The first-order valence-electron chi connectivity index (χ1n) is 7.49. The summed E-state index contributed by atoms with van der Waals surface area (Å²) in [6.07, 6.45) is 5.40. The second kappa shape index (κ2) is 7.06. The van der Waals surface area contributed by atoms with Crippen molar-refractivity contribution in [1.82, 2.24) is 25.4 Å². The molecule has 0 fully saturated rings. The number of aliphatic imine (C=N–C) groups is 1. The minimum atomic E-state index is -0.0283. The lowest BCUT2D eigenvalue weighted by atomic mass is 10.1. The summed E-state index contributed by atoms with van der Waals surface area (Å²) in [6.45, 7) is 9.81. The molecule has 6 nitrogen and oxygen atoms in total. The van der Waals surface area contributed by atoms with E-state index in [4.69, 9.17) is 0 Å². The second-order valence-corrected chi connectivity index (χ2v) is 6.04. The van der Waals surface area contributed by atoms with Crippen molar-refractivity contribution in [3.8, 4) is 5.82 Å². The molecule has 0 aliphatic rings. The molecule has 0 aliphatic carbocycles. The van der Waals surface area contributed by atoms with Crippen LogP contribution in [0.1, 0.15) is 33.3 Å². The van der Waals surface area contributed by atoms with Gasteiger partial charge in [0.1, 0.15) is 0 Å². The maximum atomic E-state index is 4.63. The van der Waals surface area contributed by atoms with E-state index in [2.05, 4.69) is 53.4 Å². The number of aromatic nitrogens is 3. The summed E-state index contributed by atoms with van der Waals surface area (Å²) < 4.78 is 1.74. The first-order valence-corrected chi connectivity index (χ1v) is 7.49. The highest BCUT2D eigenvalue weighted by molar-refractivity contribution is 5.80. The van der Waals surface area contributed by atoms with Gasteiger partial charge in [0.15, 0.2) is 11.8 Å². The highest BCUT2D eigenvalue weighted by Crippen LogP contribution is 2.07. The molecule has 2 aromatic heterocycles. The molecule has 2 rings (SSSR count). The Morgan fingerprint density at radius 1 is 1.32 bits per heavy atom. The molecule has 2 heterocycles. The van der Waals surface area contributed by atoms with Gasteiger partial charge in [-0.15, -0.1) is 0 Å². The van der Waals surface area contributed by atoms with E-state index >= 15 is 0 Å². The first kappa shape index (κ1) is 16.0. The van der Waals surface area contributed by atoms with Crippen molar-refractivity contribution >= 4 is 5.96 Å². The van der Waals surface area contributed by atoms with Crippen LogP contribution in [-0.4, -0.2) is 32.8 Å². The third-order valence-electron chi connectivity index (χ3n) is 2.81. The molecule has 0 spiro atoms. The summed E-state index contributed by atoms with van der Waals surface area (Å²) in [6, 6.07) is 5.84. The van der Waals surface area contributed by atoms with Gasteiger partial charge in [0.05, 0.1) is 6.54 Å². The number of pyridine rings is 1. The van der Waals surface area contributed by atoms with Crippen LogP contribution < -0.4 is 10.6 Å². The van der Waals surface area contributed by atoms with Gasteiger partial charge in [0.2, 0.25) is 0 Å². The van der Waals surface area contributed by atoms with Crippen molar-refractivity contribution < 1.29 is 0 Å². The number of nitrogens with one attached hydrogen (secondary N) is 2. The average molecular weight is 300 g/mol. The Morgan fingerprint density at radius 3 is 2.77 bits per heavy atom. The monoisotopic (exact) mass is 300 g/mol. The minimum Gasteiger partial charge on any atom is -0.357 e. The molecule has 2 aromatic rings. The lowest BCUT2D eigenvalue weighted by Crippen LogP contribution is -2.47. The van der Waals surface area contributed by atoms with Crippen LogP contribution in [0.25, 0.3) is 5.82 Å². The van der Waals surface area contributed by atoms with E-state index < -0.39 is 0 Å². The molecule has 6 heteroatoms. The van der Waals surface area contributed by atoms with E-state index in [9.17, 15) is 0 Å². The van der Waals surface area contributed by atoms with Gasteiger partial charge < -0.3 is 10.6 Å². The van der Waals surface area contributed by atoms with E-state index in [-0.39, 0.29) is 5.54 Å². The predicted molar refractivity (Wildman–Crippen MR) is 89.1 cm³/mol. The summed E-state index contributed by atoms with van der Waals surface area (Å²) >= 11 is 0. The van der Waals surface area contributed by atoms with Crippen molar-refractivity contribution in [1.29, 1.82) is 0 Å². The van der Waals surface area contributed by atoms with Crippen LogP contribution in [0.3, 0.4) is 0 Å². The fourth-order valence-electron chi connectivity index (χ4n) is 1.92. The Hall–Kier alpha value is -2.37. The van der Waals surface area contributed by atoms with Gasteiger partial charge in [-0.25, -0.2) is 14.7 Å². The maximum Gasteiger partial charge on any atom is 0.191 e. The lowest BCUT2D eigenvalue weighted by Gasteiger charge is -2.23. The zero-order valence-corrected chi connectivity index (χ0v) is 13.7. The minimum absolute atomic E-state index is 0.0283. The first-order chi connectivity index (χ1) is 10.5. The molecule has 0 aromatic carbocycles. The van der Waals surface area contributed by atoms with E-state index in [1.165, 1.54) is 0 Å². The molecule has 2 N–H and O–H groups in total. The Labute approximate surface area is 131 Å². The van der Waals surface area contributed by atoms with Crippen LogP contribution in [0.4, 0.5) is 0 Å². The third-order valence-corrected chi connectivity index (χ3v) is 2.81. The van der Waals surface area contributed by atoms with Gasteiger partial charge in [-0.05, 0) is 51.5 Å². The molecule has 0 unspecified atom stereocenters. The Balaban J connectivity index is 2.11. The molecular formula is C16H24N6. The van der Waals surface area contributed by atoms with Gasteiger partial charge in [0, 0.05) is 30.7 Å². The predicted octanol–water partition coefficient (Wildman–Crippen LogP) is 2.12. The van der Waals surface area contributed by atoms with Crippen LogP contribution in [0.5, 0.6) is 0 Å².